The molecule has 0 N–H and O–H groups in total. The Morgan fingerprint density at radius 1 is 0.788 bits per heavy atom. The zero-order valence-corrected chi connectivity index (χ0v) is 21.8. The lowest BCUT2D eigenvalue weighted by Crippen LogP contribution is -2.34. The summed E-state index contributed by atoms with van der Waals surface area (Å²) in [6.07, 6.45) is 1.88. The van der Waals surface area contributed by atoms with Gasteiger partial charge in [0.1, 0.15) is 5.84 Å². The second-order valence-electron chi connectivity index (χ2n) is 12.6. The van der Waals surface area contributed by atoms with Crippen molar-refractivity contribution in [2.24, 2.45) is 10.4 Å². The van der Waals surface area contributed by atoms with E-state index >= 15 is 0 Å². The summed E-state index contributed by atoms with van der Waals surface area (Å²) in [5.41, 5.74) is 6.28. The van der Waals surface area contributed by atoms with Crippen LogP contribution in [0.2, 0.25) is 0 Å². The van der Waals surface area contributed by atoms with Crippen molar-refractivity contribution in [3.63, 3.8) is 0 Å². The van der Waals surface area contributed by atoms with Gasteiger partial charge in [-0.1, -0.05) is 86.6 Å². The number of hydrogen-bond donors (Lipinski definition) is 0. The largest absolute Gasteiger partial charge is 0.324 e. The monoisotopic (exact) mass is 441 g/mol. The fourth-order valence-electron chi connectivity index (χ4n) is 4.35. The smallest absolute Gasteiger partial charge is 0.138 e. The van der Waals surface area contributed by atoms with Crippen molar-refractivity contribution in [2.45, 2.75) is 79.2 Å². The standard InChI is InChI=1S/C30H39N3/c1-28(2,3)21-16-22(29(4,5)6)18-23(17-21)33-19-25(30(7,8)9)32-27(33)24-14-10-12-20-13-11-15-31-26(20)24/h10-18,25H,19H2,1-9H3. The van der Waals surface area contributed by atoms with Crippen LogP contribution in [0.15, 0.2) is 59.7 Å². The van der Waals surface area contributed by atoms with E-state index in [4.69, 9.17) is 9.98 Å². The minimum atomic E-state index is 0.0669. The minimum Gasteiger partial charge on any atom is -0.324 e. The summed E-state index contributed by atoms with van der Waals surface area (Å²) in [5, 5.41) is 1.15. The predicted octanol–water partition coefficient (Wildman–Crippen LogP) is 7.51. The highest BCUT2D eigenvalue weighted by Gasteiger charge is 2.36. The summed E-state index contributed by atoms with van der Waals surface area (Å²) in [7, 11) is 0. The van der Waals surface area contributed by atoms with Gasteiger partial charge in [0, 0.05) is 29.4 Å². The Bertz CT molecular complexity index is 1160. The summed E-state index contributed by atoms with van der Waals surface area (Å²) in [6.45, 7) is 21.5. The first-order valence-corrected chi connectivity index (χ1v) is 12.1. The van der Waals surface area contributed by atoms with Crippen LogP contribution >= 0.6 is 0 Å². The van der Waals surface area contributed by atoms with Crippen LogP contribution in [0.1, 0.15) is 79.0 Å². The highest BCUT2D eigenvalue weighted by molar-refractivity contribution is 6.17. The Morgan fingerprint density at radius 2 is 1.39 bits per heavy atom. The van der Waals surface area contributed by atoms with Crippen molar-refractivity contribution in [3.05, 3.63) is 71.4 Å². The summed E-state index contributed by atoms with van der Waals surface area (Å²) in [5.74, 6) is 1.03. The van der Waals surface area contributed by atoms with Crippen molar-refractivity contribution in [2.75, 3.05) is 11.4 Å². The van der Waals surface area contributed by atoms with Crippen LogP contribution in [0.5, 0.6) is 0 Å². The fourth-order valence-corrected chi connectivity index (χ4v) is 4.35. The Kier molecular flexibility index (Phi) is 5.67. The number of aliphatic imine (C=N–C) groups is 1. The van der Waals surface area contributed by atoms with Crippen molar-refractivity contribution in [1.82, 2.24) is 4.98 Å². The predicted molar refractivity (Wildman–Crippen MR) is 143 cm³/mol. The second kappa shape index (κ2) is 7.97. The van der Waals surface area contributed by atoms with Crippen LogP contribution in [0.25, 0.3) is 10.9 Å². The first kappa shape index (κ1) is 23.5. The molecule has 1 aliphatic heterocycles. The van der Waals surface area contributed by atoms with Crippen molar-refractivity contribution >= 4 is 22.4 Å². The van der Waals surface area contributed by atoms with Gasteiger partial charge < -0.3 is 4.90 Å². The third-order valence-corrected chi connectivity index (χ3v) is 6.72. The molecule has 0 saturated carbocycles. The molecule has 33 heavy (non-hydrogen) atoms. The average molecular weight is 442 g/mol. The third-order valence-electron chi connectivity index (χ3n) is 6.72. The van der Waals surface area contributed by atoms with Gasteiger partial charge in [-0.25, -0.2) is 0 Å². The average Bonchev–Trinajstić information content (AvgIpc) is 3.17. The molecule has 3 nitrogen and oxygen atoms in total. The molecular weight excluding hydrogens is 402 g/mol. The molecule has 0 fully saturated rings. The van der Waals surface area contributed by atoms with E-state index in [0.29, 0.717) is 0 Å². The number of amidine groups is 1. The number of pyridine rings is 1. The van der Waals surface area contributed by atoms with E-state index in [1.54, 1.807) is 0 Å². The molecule has 3 aromatic rings. The van der Waals surface area contributed by atoms with Crippen LogP contribution < -0.4 is 4.90 Å². The van der Waals surface area contributed by atoms with Gasteiger partial charge in [0.25, 0.3) is 0 Å². The lowest BCUT2D eigenvalue weighted by atomic mass is 9.80. The first-order valence-electron chi connectivity index (χ1n) is 12.1. The lowest BCUT2D eigenvalue weighted by Gasteiger charge is -2.31. The number of rotatable bonds is 2. The van der Waals surface area contributed by atoms with Crippen LogP contribution in [0, 0.1) is 5.41 Å². The zero-order valence-electron chi connectivity index (χ0n) is 21.8. The number of para-hydroxylation sites is 1. The molecule has 0 bridgehead atoms. The molecule has 0 aliphatic carbocycles. The Labute approximate surface area is 200 Å². The zero-order chi connectivity index (χ0) is 24.2. The van der Waals surface area contributed by atoms with E-state index in [2.05, 4.69) is 110 Å². The van der Waals surface area contributed by atoms with Gasteiger partial charge in [0.2, 0.25) is 0 Å². The van der Waals surface area contributed by atoms with Crippen LogP contribution in [0.4, 0.5) is 5.69 Å². The molecule has 174 valence electrons. The van der Waals surface area contributed by atoms with Gasteiger partial charge in [-0.2, -0.15) is 0 Å². The number of aromatic nitrogens is 1. The SMILES string of the molecule is CC(C)(C)c1cc(N2CC(C(C)(C)C)N=C2c2cccc3cccnc23)cc(C(C)(C)C)c1. The van der Waals surface area contributed by atoms with E-state index in [9.17, 15) is 0 Å². The first-order chi connectivity index (χ1) is 15.2. The third kappa shape index (κ3) is 4.69. The van der Waals surface area contributed by atoms with Crippen molar-refractivity contribution in [1.29, 1.82) is 0 Å². The molecule has 4 rings (SSSR count). The maximum absolute atomic E-state index is 5.32. The number of benzene rings is 2. The van der Waals surface area contributed by atoms with E-state index in [0.717, 1.165) is 28.8 Å². The van der Waals surface area contributed by atoms with Gasteiger partial charge in [-0.05, 0) is 51.6 Å². The molecule has 0 saturated heterocycles. The van der Waals surface area contributed by atoms with Gasteiger partial charge in [0.15, 0.2) is 0 Å². The molecule has 0 spiro atoms. The van der Waals surface area contributed by atoms with E-state index in [1.165, 1.54) is 16.8 Å². The van der Waals surface area contributed by atoms with Crippen molar-refractivity contribution in [3.8, 4) is 0 Å². The molecule has 2 aromatic carbocycles. The Morgan fingerprint density at radius 3 is 1.97 bits per heavy atom. The number of fused-ring (bicyclic) bond motifs is 1. The van der Waals surface area contributed by atoms with E-state index in [1.807, 2.05) is 12.3 Å². The number of anilines is 1. The van der Waals surface area contributed by atoms with Gasteiger partial charge in [-0.3, -0.25) is 9.98 Å². The molecule has 1 aromatic heterocycles. The minimum absolute atomic E-state index is 0.0669. The summed E-state index contributed by atoms with van der Waals surface area (Å²) in [6, 6.07) is 17.9. The highest BCUT2D eigenvalue weighted by atomic mass is 15.3. The summed E-state index contributed by atoms with van der Waals surface area (Å²) < 4.78 is 0. The molecular formula is C30H39N3. The molecule has 0 amide bonds. The molecule has 1 atom stereocenters. The van der Waals surface area contributed by atoms with E-state index < -0.39 is 0 Å². The maximum atomic E-state index is 5.32. The summed E-state index contributed by atoms with van der Waals surface area (Å²) >= 11 is 0. The van der Waals surface area contributed by atoms with Gasteiger partial charge in [0.05, 0.1) is 11.6 Å². The fraction of sp³-hybridized carbons (Fsp3) is 0.467. The topological polar surface area (TPSA) is 28.5 Å². The van der Waals surface area contributed by atoms with Crippen molar-refractivity contribution < 1.29 is 0 Å². The lowest BCUT2D eigenvalue weighted by molar-refractivity contribution is 0.337. The molecule has 1 aliphatic rings. The maximum Gasteiger partial charge on any atom is 0.138 e. The molecule has 2 heterocycles. The second-order valence-corrected chi connectivity index (χ2v) is 12.6. The summed E-state index contributed by atoms with van der Waals surface area (Å²) in [4.78, 5) is 12.5. The number of nitrogens with zero attached hydrogens (tertiary/aromatic N) is 3. The van der Waals surface area contributed by atoms with Crippen LogP contribution in [-0.2, 0) is 10.8 Å². The molecule has 3 heteroatoms. The molecule has 0 radical (unpaired) electrons. The molecule has 1 unspecified atom stereocenters. The quantitative estimate of drug-likeness (QED) is 0.411. The normalized spacial score (nSPS) is 17.5. The van der Waals surface area contributed by atoms with Crippen LogP contribution in [-0.4, -0.2) is 23.4 Å². The van der Waals surface area contributed by atoms with Gasteiger partial charge in [-0.15, -0.1) is 0 Å². The Balaban J connectivity index is 1.93. The number of hydrogen-bond acceptors (Lipinski definition) is 3. The Hall–Kier alpha value is -2.68. The highest BCUT2D eigenvalue weighted by Crippen LogP contribution is 2.38. The van der Waals surface area contributed by atoms with Gasteiger partial charge >= 0.3 is 0 Å². The van der Waals surface area contributed by atoms with Crippen LogP contribution in [0.3, 0.4) is 0 Å². The van der Waals surface area contributed by atoms with E-state index in [-0.39, 0.29) is 22.3 Å².